The first-order valence-corrected chi connectivity index (χ1v) is 7.70. The minimum Gasteiger partial charge on any atom is -0.254 e. The van der Waals surface area contributed by atoms with Gasteiger partial charge in [0.1, 0.15) is 13.1 Å². The van der Waals surface area contributed by atoms with Crippen LogP contribution in [0.25, 0.3) is 0 Å². The van der Waals surface area contributed by atoms with Gasteiger partial charge in [-0.25, -0.2) is 0 Å². The number of hydrogen-bond acceptors (Lipinski definition) is 5. The van der Waals surface area contributed by atoms with Crippen LogP contribution in [-0.2, 0) is 13.1 Å². The Bertz CT molecular complexity index is 747. The normalized spacial score (nSPS) is 11.3. The molecule has 0 aliphatic rings. The van der Waals surface area contributed by atoms with Crippen LogP contribution >= 0.6 is 0 Å². The topological polar surface area (TPSA) is 62.3 Å². The van der Waals surface area contributed by atoms with E-state index in [0.717, 1.165) is 22.8 Å². The molecule has 3 aromatic rings. The lowest BCUT2D eigenvalue weighted by molar-refractivity contribution is 0.859. The van der Waals surface area contributed by atoms with Crippen molar-refractivity contribution in [1.29, 1.82) is 0 Å². The molecule has 1 aromatic heterocycles. The van der Waals surface area contributed by atoms with E-state index in [1.807, 2.05) is 78.9 Å². The third-order valence-electron chi connectivity index (χ3n) is 3.21. The molecular formula is C19H17N5. The summed E-state index contributed by atoms with van der Waals surface area (Å²) in [7, 11) is 0. The quantitative estimate of drug-likeness (QED) is 0.542. The second-order valence-corrected chi connectivity index (χ2v) is 5.09. The third-order valence-corrected chi connectivity index (χ3v) is 3.21. The van der Waals surface area contributed by atoms with Crippen molar-refractivity contribution in [2.75, 3.05) is 0 Å². The number of rotatable bonds is 6. The van der Waals surface area contributed by atoms with Gasteiger partial charge in [-0.05, 0) is 36.4 Å². The predicted molar refractivity (Wildman–Crippen MR) is 93.6 cm³/mol. The molecule has 118 valence electrons. The first-order chi connectivity index (χ1) is 11.9. The molecule has 0 atom stereocenters. The van der Waals surface area contributed by atoms with Gasteiger partial charge in [0, 0.05) is 0 Å². The fraction of sp³-hybridized carbons (Fsp3) is 0.105. The molecule has 0 bridgehead atoms. The molecule has 0 saturated heterocycles. The highest BCUT2D eigenvalue weighted by Crippen LogP contribution is 2.13. The SMILES string of the molecule is c1ccc(N=NCc2cccc(CN=Nc3ccccc3)n2)cc1. The first-order valence-electron chi connectivity index (χ1n) is 7.70. The molecule has 0 amide bonds. The molecule has 0 unspecified atom stereocenters. The molecule has 2 aromatic carbocycles. The van der Waals surface area contributed by atoms with Gasteiger partial charge in [-0.3, -0.25) is 4.98 Å². The van der Waals surface area contributed by atoms with Crippen molar-refractivity contribution in [2.45, 2.75) is 13.1 Å². The third kappa shape index (κ3) is 4.91. The Balaban J connectivity index is 1.58. The Morgan fingerprint density at radius 2 is 1.00 bits per heavy atom. The summed E-state index contributed by atoms with van der Waals surface area (Å²) < 4.78 is 0. The Hall–Kier alpha value is -3.21. The molecule has 0 aliphatic heterocycles. The summed E-state index contributed by atoms with van der Waals surface area (Å²) in [6.07, 6.45) is 0. The van der Waals surface area contributed by atoms with Crippen molar-refractivity contribution in [3.63, 3.8) is 0 Å². The maximum absolute atomic E-state index is 4.53. The molecule has 0 saturated carbocycles. The van der Waals surface area contributed by atoms with Crippen LogP contribution in [0, 0.1) is 0 Å². The van der Waals surface area contributed by atoms with Crippen LogP contribution in [-0.4, -0.2) is 4.98 Å². The summed E-state index contributed by atoms with van der Waals surface area (Å²) in [5.41, 5.74) is 3.40. The number of aromatic nitrogens is 1. The molecule has 5 nitrogen and oxygen atoms in total. The van der Waals surface area contributed by atoms with Crippen molar-refractivity contribution in [2.24, 2.45) is 20.5 Å². The van der Waals surface area contributed by atoms with E-state index in [9.17, 15) is 0 Å². The van der Waals surface area contributed by atoms with Gasteiger partial charge in [0.15, 0.2) is 0 Å². The zero-order chi connectivity index (χ0) is 16.5. The van der Waals surface area contributed by atoms with Crippen molar-refractivity contribution >= 4 is 11.4 Å². The minimum atomic E-state index is 0.443. The monoisotopic (exact) mass is 315 g/mol. The van der Waals surface area contributed by atoms with E-state index >= 15 is 0 Å². The van der Waals surface area contributed by atoms with Crippen LogP contribution in [0.2, 0.25) is 0 Å². The molecule has 0 radical (unpaired) electrons. The Morgan fingerprint density at radius 1 is 0.542 bits per heavy atom. The summed E-state index contributed by atoms with van der Waals surface area (Å²) in [5, 5.41) is 16.7. The lowest BCUT2D eigenvalue weighted by Gasteiger charge is -1.99. The maximum atomic E-state index is 4.53. The molecule has 24 heavy (non-hydrogen) atoms. The Morgan fingerprint density at radius 3 is 1.46 bits per heavy atom. The smallest absolute Gasteiger partial charge is 0.102 e. The summed E-state index contributed by atoms with van der Waals surface area (Å²) in [5.74, 6) is 0. The van der Waals surface area contributed by atoms with Crippen molar-refractivity contribution in [3.8, 4) is 0 Å². The second-order valence-electron chi connectivity index (χ2n) is 5.09. The van der Waals surface area contributed by atoms with Crippen LogP contribution in [0.3, 0.4) is 0 Å². The Labute approximate surface area is 140 Å². The fourth-order valence-corrected chi connectivity index (χ4v) is 2.07. The van der Waals surface area contributed by atoms with Crippen molar-refractivity contribution < 1.29 is 0 Å². The number of azo groups is 2. The van der Waals surface area contributed by atoms with Gasteiger partial charge in [0.2, 0.25) is 0 Å². The van der Waals surface area contributed by atoms with Gasteiger partial charge in [0.05, 0.1) is 22.8 Å². The summed E-state index contributed by atoms with van der Waals surface area (Å²) >= 11 is 0. The van der Waals surface area contributed by atoms with Crippen LogP contribution in [0.4, 0.5) is 11.4 Å². The van der Waals surface area contributed by atoms with Crippen LogP contribution in [0.15, 0.2) is 99.3 Å². The lowest BCUT2D eigenvalue weighted by Crippen LogP contribution is -1.92. The van der Waals surface area contributed by atoms with E-state index in [2.05, 4.69) is 25.4 Å². The number of benzene rings is 2. The molecule has 5 heteroatoms. The number of pyridine rings is 1. The Kier molecular flexibility index (Phi) is 5.51. The summed E-state index contributed by atoms with van der Waals surface area (Å²) in [4.78, 5) is 4.53. The van der Waals surface area contributed by atoms with Gasteiger partial charge < -0.3 is 0 Å². The van der Waals surface area contributed by atoms with Gasteiger partial charge in [-0.2, -0.15) is 20.5 Å². The maximum Gasteiger partial charge on any atom is 0.102 e. The van der Waals surface area contributed by atoms with E-state index in [1.54, 1.807) is 0 Å². The van der Waals surface area contributed by atoms with Crippen LogP contribution in [0.5, 0.6) is 0 Å². The molecule has 3 rings (SSSR count). The zero-order valence-corrected chi connectivity index (χ0v) is 13.2. The fourth-order valence-electron chi connectivity index (χ4n) is 2.07. The van der Waals surface area contributed by atoms with Crippen LogP contribution in [0.1, 0.15) is 11.4 Å². The van der Waals surface area contributed by atoms with Gasteiger partial charge in [0.25, 0.3) is 0 Å². The van der Waals surface area contributed by atoms with Crippen molar-refractivity contribution in [1.82, 2.24) is 4.98 Å². The van der Waals surface area contributed by atoms with E-state index in [1.165, 1.54) is 0 Å². The average Bonchev–Trinajstić information content (AvgIpc) is 2.64. The molecule has 1 heterocycles. The van der Waals surface area contributed by atoms with Gasteiger partial charge in [-0.15, -0.1) is 0 Å². The molecule has 0 spiro atoms. The van der Waals surface area contributed by atoms with E-state index in [0.29, 0.717) is 13.1 Å². The minimum absolute atomic E-state index is 0.443. The molecule has 0 aliphatic carbocycles. The van der Waals surface area contributed by atoms with E-state index in [4.69, 9.17) is 0 Å². The molecule has 0 N–H and O–H groups in total. The average molecular weight is 315 g/mol. The van der Waals surface area contributed by atoms with E-state index < -0.39 is 0 Å². The second kappa shape index (κ2) is 8.43. The number of hydrogen-bond donors (Lipinski definition) is 0. The van der Waals surface area contributed by atoms with Gasteiger partial charge >= 0.3 is 0 Å². The molecular weight excluding hydrogens is 298 g/mol. The van der Waals surface area contributed by atoms with E-state index in [-0.39, 0.29) is 0 Å². The highest BCUT2D eigenvalue weighted by atomic mass is 15.1. The highest BCUT2D eigenvalue weighted by molar-refractivity contribution is 5.35. The standard InChI is InChI=1S/C19H17N5/c1-3-8-16(9-4-1)23-20-14-18-12-7-13-19(22-18)15-21-24-17-10-5-2-6-11-17/h1-13H,14-15H2. The summed E-state index contributed by atoms with van der Waals surface area (Å²) in [6, 6.07) is 25.1. The largest absolute Gasteiger partial charge is 0.254 e. The zero-order valence-electron chi connectivity index (χ0n) is 13.2. The van der Waals surface area contributed by atoms with Gasteiger partial charge in [-0.1, -0.05) is 42.5 Å². The summed E-state index contributed by atoms with van der Waals surface area (Å²) in [6.45, 7) is 0.886. The molecule has 0 fully saturated rings. The first kappa shape index (κ1) is 15.7. The lowest BCUT2D eigenvalue weighted by atomic mass is 10.3. The number of nitrogens with zero attached hydrogens (tertiary/aromatic N) is 5. The van der Waals surface area contributed by atoms with Crippen molar-refractivity contribution in [3.05, 3.63) is 90.3 Å². The highest BCUT2D eigenvalue weighted by Gasteiger charge is 1.97. The predicted octanol–water partition coefficient (Wildman–Crippen LogP) is 5.65. The van der Waals surface area contributed by atoms with Crippen LogP contribution < -0.4 is 0 Å².